The minimum absolute atomic E-state index is 0.0692. The van der Waals surface area contributed by atoms with Crippen LogP contribution >= 0.6 is 0 Å². The predicted octanol–water partition coefficient (Wildman–Crippen LogP) is 5.45. The van der Waals surface area contributed by atoms with Gasteiger partial charge in [-0.3, -0.25) is 14.3 Å². The van der Waals surface area contributed by atoms with Crippen LogP contribution in [0.15, 0.2) is 42.5 Å². The second-order valence-corrected chi connectivity index (χ2v) is 16.6. The standard InChI is InChI=1S/C35H46FN3O5S/c1-23(2)27-8-4-5-9-28(27)29-18-24(19-31(40)39-45(42,43)33(3)16-17-33)10-13-30(29)44-26-12-11-25(20-26)38-32(41)35(36)21-34(37-22-35)14-6-7-15-34/h4-5,8-10,13,18,23,25-26,37H,6-7,11-12,14-17,19-22H2,1-3H3,(H,38,41)(H,39,40)/t25-,26-,35-/m1/s1. The molecule has 3 atom stereocenters. The van der Waals surface area contributed by atoms with Crippen LogP contribution in [0, 0.1) is 0 Å². The number of hydrogen-bond acceptors (Lipinski definition) is 6. The number of hydrogen-bond donors (Lipinski definition) is 3. The first-order valence-corrected chi connectivity index (χ1v) is 18.0. The van der Waals surface area contributed by atoms with Crippen LogP contribution in [0.1, 0.15) is 102 Å². The molecule has 0 bridgehead atoms. The van der Waals surface area contributed by atoms with E-state index in [0.29, 0.717) is 37.0 Å². The largest absolute Gasteiger partial charge is 0.490 e. The van der Waals surface area contributed by atoms with Crippen molar-refractivity contribution in [3.05, 3.63) is 53.6 Å². The number of ether oxygens (including phenoxy) is 1. The Kier molecular flexibility index (Phi) is 8.52. The minimum atomic E-state index is -3.72. The number of benzene rings is 2. The summed E-state index contributed by atoms with van der Waals surface area (Å²) in [5.74, 6) is -0.182. The van der Waals surface area contributed by atoms with Gasteiger partial charge in [-0.15, -0.1) is 0 Å². The Labute approximate surface area is 266 Å². The Bertz CT molecular complexity index is 1570. The highest BCUT2D eigenvalue weighted by molar-refractivity contribution is 7.91. The number of alkyl halides is 1. The average molecular weight is 640 g/mol. The van der Waals surface area contributed by atoms with Crippen molar-refractivity contribution >= 4 is 21.8 Å². The summed E-state index contributed by atoms with van der Waals surface area (Å²) in [5, 5.41) is 6.32. The van der Waals surface area contributed by atoms with Gasteiger partial charge in [-0.1, -0.05) is 57.0 Å². The molecule has 45 heavy (non-hydrogen) atoms. The minimum Gasteiger partial charge on any atom is -0.490 e. The van der Waals surface area contributed by atoms with Crippen LogP contribution < -0.4 is 20.1 Å². The first kappa shape index (κ1) is 32.0. The number of nitrogens with one attached hydrogen (secondary N) is 3. The van der Waals surface area contributed by atoms with Gasteiger partial charge < -0.3 is 15.4 Å². The van der Waals surface area contributed by atoms with Crippen LogP contribution in [-0.2, 0) is 26.0 Å². The molecule has 4 fully saturated rings. The summed E-state index contributed by atoms with van der Waals surface area (Å²) in [5.41, 5.74) is 1.51. The zero-order chi connectivity index (χ0) is 32.0. The van der Waals surface area contributed by atoms with E-state index in [1.807, 2.05) is 30.3 Å². The third-order valence-corrected chi connectivity index (χ3v) is 12.7. The van der Waals surface area contributed by atoms with E-state index in [4.69, 9.17) is 4.74 Å². The van der Waals surface area contributed by atoms with Crippen molar-refractivity contribution in [1.29, 1.82) is 0 Å². The monoisotopic (exact) mass is 639 g/mol. The molecular weight excluding hydrogens is 593 g/mol. The van der Waals surface area contributed by atoms with Crippen molar-refractivity contribution in [1.82, 2.24) is 15.4 Å². The molecule has 2 amide bonds. The Hall–Kier alpha value is -2.98. The summed E-state index contributed by atoms with van der Waals surface area (Å²) in [4.78, 5) is 25.9. The molecule has 4 aliphatic rings. The third kappa shape index (κ3) is 6.64. The molecule has 10 heteroatoms. The maximum atomic E-state index is 15.8. The molecule has 1 heterocycles. The van der Waals surface area contributed by atoms with Crippen molar-refractivity contribution in [2.24, 2.45) is 0 Å². The summed E-state index contributed by atoms with van der Waals surface area (Å²) in [6, 6.07) is 13.5. The molecule has 3 saturated carbocycles. The van der Waals surface area contributed by atoms with Gasteiger partial charge in [0.15, 0.2) is 0 Å². The highest BCUT2D eigenvalue weighted by Gasteiger charge is 2.54. The molecule has 0 aromatic heterocycles. The van der Waals surface area contributed by atoms with Crippen molar-refractivity contribution in [2.45, 2.75) is 125 Å². The van der Waals surface area contributed by atoms with Crippen LogP contribution in [0.3, 0.4) is 0 Å². The van der Waals surface area contributed by atoms with Crippen LogP contribution in [0.4, 0.5) is 4.39 Å². The summed E-state index contributed by atoms with van der Waals surface area (Å²) < 4.78 is 49.0. The molecule has 0 unspecified atom stereocenters. The lowest BCUT2D eigenvalue weighted by atomic mass is 9.89. The van der Waals surface area contributed by atoms with E-state index in [0.717, 1.165) is 48.8 Å². The fourth-order valence-corrected chi connectivity index (χ4v) is 8.67. The topological polar surface area (TPSA) is 114 Å². The van der Waals surface area contributed by atoms with Gasteiger partial charge in [0.1, 0.15) is 11.9 Å². The lowest BCUT2D eigenvalue weighted by molar-refractivity contribution is -0.132. The molecule has 1 aliphatic heterocycles. The maximum absolute atomic E-state index is 15.8. The van der Waals surface area contributed by atoms with Gasteiger partial charge in [0.2, 0.25) is 21.6 Å². The van der Waals surface area contributed by atoms with Gasteiger partial charge in [-0.25, -0.2) is 12.8 Å². The van der Waals surface area contributed by atoms with Crippen LogP contribution in [0.5, 0.6) is 5.75 Å². The van der Waals surface area contributed by atoms with Gasteiger partial charge in [-0.2, -0.15) is 0 Å². The molecule has 244 valence electrons. The third-order valence-electron chi connectivity index (χ3n) is 10.5. The zero-order valence-electron chi connectivity index (χ0n) is 26.6. The van der Waals surface area contributed by atoms with Crippen molar-refractivity contribution < 1.29 is 27.1 Å². The Morgan fingerprint density at radius 3 is 2.49 bits per heavy atom. The molecule has 8 nitrogen and oxygen atoms in total. The Morgan fingerprint density at radius 2 is 1.78 bits per heavy atom. The Morgan fingerprint density at radius 1 is 1.04 bits per heavy atom. The van der Waals surface area contributed by atoms with E-state index in [2.05, 4.69) is 35.3 Å². The smallest absolute Gasteiger partial charge is 0.259 e. The van der Waals surface area contributed by atoms with Crippen molar-refractivity contribution in [3.8, 4) is 16.9 Å². The van der Waals surface area contributed by atoms with Crippen LogP contribution in [-0.4, -0.2) is 54.9 Å². The van der Waals surface area contributed by atoms with Gasteiger partial charge in [0.25, 0.3) is 5.91 Å². The van der Waals surface area contributed by atoms with Crippen molar-refractivity contribution in [3.63, 3.8) is 0 Å². The van der Waals surface area contributed by atoms with E-state index in [9.17, 15) is 18.0 Å². The molecule has 1 saturated heterocycles. The first-order chi connectivity index (χ1) is 21.3. The molecular formula is C35H46FN3O5S. The predicted molar refractivity (Wildman–Crippen MR) is 172 cm³/mol. The number of amides is 2. The van der Waals surface area contributed by atoms with E-state index < -0.39 is 32.3 Å². The fourth-order valence-electron chi connectivity index (χ4n) is 7.41. The normalized spacial score (nSPS) is 26.7. The lowest BCUT2D eigenvalue weighted by Crippen LogP contribution is -2.48. The molecule has 3 N–H and O–H groups in total. The summed E-state index contributed by atoms with van der Waals surface area (Å²) >= 11 is 0. The molecule has 6 rings (SSSR count). The van der Waals surface area contributed by atoms with E-state index in [1.54, 1.807) is 13.0 Å². The highest BCUT2D eigenvalue weighted by Crippen LogP contribution is 2.44. The molecule has 0 radical (unpaired) electrons. The zero-order valence-corrected chi connectivity index (χ0v) is 27.4. The lowest BCUT2D eigenvalue weighted by Gasteiger charge is -2.25. The van der Waals surface area contributed by atoms with Gasteiger partial charge in [0.05, 0.1) is 11.2 Å². The summed E-state index contributed by atoms with van der Waals surface area (Å²) in [6.07, 6.45) is 7.10. The van der Waals surface area contributed by atoms with Gasteiger partial charge in [0, 0.05) is 36.5 Å². The fraction of sp³-hybridized carbons (Fsp3) is 0.600. The van der Waals surface area contributed by atoms with Crippen molar-refractivity contribution in [2.75, 3.05) is 6.54 Å². The Balaban J connectivity index is 1.16. The maximum Gasteiger partial charge on any atom is 0.259 e. The van der Waals surface area contributed by atoms with E-state index in [-0.39, 0.29) is 43.0 Å². The highest BCUT2D eigenvalue weighted by atomic mass is 32.2. The average Bonchev–Trinajstić information content (AvgIpc) is 3.29. The quantitative estimate of drug-likeness (QED) is 0.319. The van der Waals surface area contributed by atoms with E-state index >= 15 is 4.39 Å². The molecule has 2 aromatic carbocycles. The molecule has 2 aromatic rings. The summed E-state index contributed by atoms with van der Waals surface area (Å²) in [6.45, 7) is 5.97. The number of rotatable bonds is 10. The molecule has 3 aliphatic carbocycles. The van der Waals surface area contributed by atoms with E-state index in [1.165, 1.54) is 0 Å². The summed E-state index contributed by atoms with van der Waals surface area (Å²) in [7, 11) is -3.72. The van der Waals surface area contributed by atoms with Gasteiger partial charge >= 0.3 is 0 Å². The van der Waals surface area contributed by atoms with Gasteiger partial charge in [-0.05, 0) is 80.2 Å². The van der Waals surface area contributed by atoms with Crippen LogP contribution in [0.25, 0.3) is 11.1 Å². The first-order valence-electron chi connectivity index (χ1n) is 16.5. The number of carbonyl (C=O) groups is 2. The molecule has 1 spiro atoms. The number of carbonyl (C=O) groups excluding carboxylic acids is 2. The second-order valence-electron chi connectivity index (χ2n) is 14.4. The van der Waals surface area contributed by atoms with Crippen LogP contribution in [0.2, 0.25) is 0 Å². The second kappa shape index (κ2) is 12.0. The SMILES string of the molecule is CC(C)c1ccccc1-c1cc(CC(=O)NS(=O)(=O)C2(C)CC2)ccc1O[C@@H]1CC[C@@H](NC(=O)[C@]2(F)CNC3(CCCC3)C2)C1. The number of halogens is 1. The number of sulfonamides is 1.